The van der Waals surface area contributed by atoms with Gasteiger partial charge in [0.2, 0.25) is 0 Å². The van der Waals surface area contributed by atoms with E-state index < -0.39 is 0 Å². The van der Waals surface area contributed by atoms with Crippen LogP contribution in [0.15, 0.2) is 134 Å². The highest BCUT2D eigenvalue weighted by atomic mass is 15.0. The summed E-state index contributed by atoms with van der Waals surface area (Å²) in [5.41, 5.74) is 9.36. The molecule has 0 N–H and O–H groups in total. The fourth-order valence-corrected chi connectivity index (χ4v) is 5.96. The summed E-state index contributed by atoms with van der Waals surface area (Å²) in [5, 5.41) is 14.0. The Morgan fingerprint density at radius 2 is 1.10 bits per heavy atom. The molecule has 4 nitrogen and oxygen atoms in total. The van der Waals surface area contributed by atoms with Gasteiger partial charge in [0.05, 0.1) is 28.2 Å². The molecule has 0 aliphatic heterocycles. The van der Waals surface area contributed by atoms with Crippen LogP contribution in [-0.2, 0) is 0 Å². The first kappa shape index (κ1) is 22.3. The number of para-hydroxylation sites is 3. The van der Waals surface area contributed by atoms with Gasteiger partial charge in [-0.3, -0.25) is 4.57 Å². The highest BCUT2D eigenvalue weighted by Gasteiger charge is 2.16. The molecule has 3 heterocycles. The molecule has 0 spiro atoms. The zero-order chi connectivity index (χ0) is 26.6. The number of hydrogen-bond donors (Lipinski definition) is 0. The van der Waals surface area contributed by atoms with Crippen molar-refractivity contribution in [1.29, 1.82) is 5.26 Å². The summed E-state index contributed by atoms with van der Waals surface area (Å²) < 4.78 is 4.51. The third-order valence-electron chi connectivity index (χ3n) is 7.79. The number of benzene rings is 5. The second-order valence-electron chi connectivity index (χ2n) is 10.0. The van der Waals surface area contributed by atoms with Crippen LogP contribution in [0.25, 0.3) is 66.2 Å². The normalized spacial score (nSPS) is 11.5. The monoisotopic (exact) mass is 510 g/mol. The number of pyridine rings is 1. The zero-order valence-electron chi connectivity index (χ0n) is 21.5. The lowest BCUT2D eigenvalue weighted by atomic mass is 10.0. The Morgan fingerprint density at radius 3 is 1.85 bits per heavy atom. The van der Waals surface area contributed by atoms with Crippen LogP contribution in [0.2, 0.25) is 0 Å². The molecule has 0 atom stereocenters. The van der Waals surface area contributed by atoms with Crippen LogP contribution in [0.1, 0.15) is 5.56 Å². The smallest absolute Gasteiger partial charge is 0.145 e. The fourth-order valence-electron chi connectivity index (χ4n) is 5.96. The third-order valence-corrected chi connectivity index (χ3v) is 7.79. The van der Waals surface area contributed by atoms with Crippen LogP contribution in [0.3, 0.4) is 0 Å². The van der Waals surface area contributed by atoms with Gasteiger partial charge >= 0.3 is 0 Å². The Labute approximate surface area is 230 Å². The average molecular weight is 511 g/mol. The molecule has 0 bridgehead atoms. The van der Waals surface area contributed by atoms with Gasteiger partial charge in [-0.25, -0.2) is 4.98 Å². The van der Waals surface area contributed by atoms with Gasteiger partial charge in [-0.05, 0) is 72.3 Å². The van der Waals surface area contributed by atoms with Crippen LogP contribution < -0.4 is 0 Å². The minimum atomic E-state index is 0.642. The first-order valence-electron chi connectivity index (χ1n) is 13.3. The van der Waals surface area contributed by atoms with E-state index in [0.29, 0.717) is 5.56 Å². The molecule has 4 heteroatoms. The lowest BCUT2D eigenvalue weighted by Crippen LogP contribution is -1.95. The molecule has 0 aliphatic carbocycles. The number of nitriles is 1. The molecule has 0 fully saturated rings. The minimum Gasteiger partial charge on any atom is -0.309 e. The standard InChI is InChI=1S/C36H22N4/c37-22-24-14-17-28(18-15-24)40-34-13-7-5-11-30(34)32-21-26(23-38-36(32)40)25-16-19-35-31(20-25)29-10-4-6-12-33(29)39(35)27-8-2-1-3-9-27/h1-21,23H. The number of aromatic nitrogens is 3. The van der Waals surface area contributed by atoms with Crippen molar-refractivity contribution in [3.8, 4) is 28.6 Å². The maximum atomic E-state index is 9.25. The van der Waals surface area contributed by atoms with Crippen molar-refractivity contribution in [3.63, 3.8) is 0 Å². The largest absolute Gasteiger partial charge is 0.309 e. The maximum Gasteiger partial charge on any atom is 0.145 e. The van der Waals surface area contributed by atoms with Crippen molar-refractivity contribution < 1.29 is 0 Å². The molecular formula is C36H22N4. The van der Waals surface area contributed by atoms with Gasteiger partial charge < -0.3 is 4.57 Å². The summed E-state index contributed by atoms with van der Waals surface area (Å²) in [6.07, 6.45) is 1.97. The molecule has 0 radical (unpaired) electrons. The Balaban J connectivity index is 1.34. The Morgan fingerprint density at radius 1 is 0.500 bits per heavy atom. The van der Waals surface area contributed by atoms with Crippen LogP contribution in [0.4, 0.5) is 0 Å². The van der Waals surface area contributed by atoms with E-state index >= 15 is 0 Å². The number of rotatable bonds is 3. The number of hydrogen-bond acceptors (Lipinski definition) is 2. The molecule has 186 valence electrons. The van der Waals surface area contributed by atoms with Crippen molar-refractivity contribution in [3.05, 3.63) is 139 Å². The molecule has 0 amide bonds. The van der Waals surface area contributed by atoms with Crippen molar-refractivity contribution in [2.75, 3.05) is 0 Å². The van der Waals surface area contributed by atoms with E-state index in [9.17, 15) is 5.26 Å². The molecule has 8 aromatic rings. The molecule has 5 aromatic carbocycles. The highest BCUT2D eigenvalue weighted by molar-refractivity contribution is 6.12. The second kappa shape index (κ2) is 8.69. The second-order valence-corrected chi connectivity index (χ2v) is 10.0. The predicted molar refractivity (Wildman–Crippen MR) is 163 cm³/mol. The van der Waals surface area contributed by atoms with Crippen LogP contribution in [0, 0.1) is 11.3 Å². The fraction of sp³-hybridized carbons (Fsp3) is 0. The van der Waals surface area contributed by atoms with E-state index in [4.69, 9.17) is 4.98 Å². The van der Waals surface area contributed by atoms with E-state index in [0.717, 1.165) is 44.4 Å². The van der Waals surface area contributed by atoms with Crippen LogP contribution in [0.5, 0.6) is 0 Å². The van der Waals surface area contributed by atoms with Crippen LogP contribution in [-0.4, -0.2) is 14.1 Å². The van der Waals surface area contributed by atoms with Crippen LogP contribution >= 0.6 is 0 Å². The van der Waals surface area contributed by atoms with Gasteiger partial charge in [0, 0.05) is 44.7 Å². The van der Waals surface area contributed by atoms with E-state index in [2.05, 4.69) is 118 Å². The summed E-state index contributed by atoms with van der Waals surface area (Å²) in [6.45, 7) is 0. The van der Waals surface area contributed by atoms with Gasteiger partial charge in [0.15, 0.2) is 0 Å². The molecule has 0 saturated heterocycles. The number of nitrogens with zero attached hydrogens (tertiary/aromatic N) is 4. The first-order valence-corrected chi connectivity index (χ1v) is 13.3. The predicted octanol–water partition coefficient (Wildman–Crippen LogP) is 8.81. The lowest BCUT2D eigenvalue weighted by molar-refractivity contribution is 1.13. The zero-order valence-corrected chi connectivity index (χ0v) is 21.5. The first-order chi connectivity index (χ1) is 19.8. The Bertz CT molecular complexity index is 2260. The molecular weight excluding hydrogens is 488 g/mol. The summed E-state index contributed by atoms with van der Waals surface area (Å²) >= 11 is 0. The molecule has 8 rings (SSSR count). The van der Waals surface area contributed by atoms with Gasteiger partial charge in [-0.1, -0.05) is 60.7 Å². The maximum absolute atomic E-state index is 9.25. The molecule has 0 saturated carbocycles. The van der Waals surface area contributed by atoms with Gasteiger partial charge in [-0.2, -0.15) is 5.26 Å². The van der Waals surface area contributed by atoms with Crippen molar-refractivity contribution in [2.24, 2.45) is 0 Å². The Hall–Kier alpha value is -5.66. The molecule has 0 unspecified atom stereocenters. The summed E-state index contributed by atoms with van der Waals surface area (Å²) in [5.74, 6) is 0. The average Bonchev–Trinajstić information content (AvgIpc) is 3.54. The van der Waals surface area contributed by atoms with Crippen molar-refractivity contribution >= 4 is 43.7 Å². The van der Waals surface area contributed by atoms with E-state index in [1.807, 2.05) is 30.5 Å². The SMILES string of the molecule is N#Cc1ccc(-n2c3ccccc3c3cc(-c4ccc5c(c4)c4ccccc4n5-c4ccccc4)cnc32)cc1. The summed E-state index contributed by atoms with van der Waals surface area (Å²) in [7, 11) is 0. The highest BCUT2D eigenvalue weighted by Crippen LogP contribution is 2.37. The van der Waals surface area contributed by atoms with E-state index in [-0.39, 0.29) is 0 Å². The molecule has 40 heavy (non-hydrogen) atoms. The lowest BCUT2D eigenvalue weighted by Gasteiger charge is -2.09. The topological polar surface area (TPSA) is 46.5 Å². The van der Waals surface area contributed by atoms with E-state index in [1.165, 1.54) is 21.8 Å². The van der Waals surface area contributed by atoms with Crippen molar-refractivity contribution in [1.82, 2.24) is 14.1 Å². The molecule has 3 aromatic heterocycles. The quantitative estimate of drug-likeness (QED) is 0.238. The van der Waals surface area contributed by atoms with E-state index in [1.54, 1.807) is 0 Å². The minimum absolute atomic E-state index is 0.642. The number of fused-ring (bicyclic) bond motifs is 6. The van der Waals surface area contributed by atoms with Gasteiger partial charge in [-0.15, -0.1) is 0 Å². The summed E-state index contributed by atoms with van der Waals surface area (Å²) in [6, 6.07) is 46.4. The Kier molecular flexibility index (Phi) is 4.85. The molecule has 0 aliphatic rings. The van der Waals surface area contributed by atoms with Gasteiger partial charge in [0.25, 0.3) is 0 Å². The third kappa shape index (κ3) is 3.28. The summed E-state index contributed by atoms with van der Waals surface area (Å²) in [4.78, 5) is 5.00. The van der Waals surface area contributed by atoms with Crippen molar-refractivity contribution in [2.45, 2.75) is 0 Å². The van der Waals surface area contributed by atoms with Gasteiger partial charge in [0.1, 0.15) is 5.65 Å².